The normalized spacial score (nSPS) is 11.4. The summed E-state index contributed by atoms with van der Waals surface area (Å²) >= 11 is 0. The fourth-order valence-corrected chi connectivity index (χ4v) is 2.69. The number of anilines is 1. The third-order valence-corrected chi connectivity index (χ3v) is 4.42. The number of esters is 1. The second-order valence-electron chi connectivity index (χ2n) is 6.97. The van der Waals surface area contributed by atoms with Gasteiger partial charge in [0.2, 0.25) is 0 Å². The number of rotatable bonds is 11. The molecule has 0 fully saturated rings. The van der Waals surface area contributed by atoms with Crippen molar-refractivity contribution in [2.24, 2.45) is 0 Å². The van der Waals surface area contributed by atoms with E-state index in [9.17, 15) is 14.4 Å². The van der Waals surface area contributed by atoms with Crippen LogP contribution in [0.3, 0.4) is 0 Å². The molecule has 7 heteroatoms. The zero-order valence-corrected chi connectivity index (χ0v) is 18.4. The number of carbonyl (C=O) groups excluding carboxylic acids is 3. The van der Waals surface area contributed by atoms with Crippen molar-refractivity contribution in [3.63, 3.8) is 0 Å². The molecule has 1 N–H and O–H groups in total. The van der Waals surface area contributed by atoms with Crippen LogP contribution in [0.4, 0.5) is 5.69 Å². The van der Waals surface area contributed by atoms with Gasteiger partial charge in [0, 0.05) is 11.3 Å². The molecule has 0 bridgehead atoms. The Kier molecular flexibility index (Phi) is 9.06. The molecule has 0 aromatic heterocycles. The molecular formula is C24H29NO6. The van der Waals surface area contributed by atoms with E-state index in [4.69, 9.17) is 14.2 Å². The van der Waals surface area contributed by atoms with E-state index in [2.05, 4.69) is 12.2 Å². The van der Waals surface area contributed by atoms with Crippen molar-refractivity contribution in [1.29, 1.82) is 0 Å². The minimum absolute atomic E-state index is 0.109. The highest BCUT2D eigenvalue weighted by Crippen LogP contribution is 2.29. The van der Waals surface area contributed by atoms with Crippen LogP contribution in [0.2, 0.25) is 0 Å². The Balaban J connectivity index is 2.04. The lowest BCUT2D eigenvalue weighted by Gasteiger charge is -2.15. The second kappa shape index (κ2) is 11.7. The van der Waals surface area contributed by atoms with Crippen LogP contribution in [0.15, 0.2) is 42.5 Å². The fourth-order valence-electron chi connectivity index (χ4n) is 2.69. The van der Waals surface area contributed by atoms with Crippen LogP contribution in [-0.2, 0) is 9.53 Å². The predicted molar refractivity (Wildman–Crippen MR) is 118 cm³/mol. The number of unbranched alkanes of at least 4 members (excludes halogenated alkanes) is 1. The van der Waals surface area contributed by atoms with Crippen molar-refractivity contribution in [2.45, 2.75) is 46.6 Å². The minimum atomic E-state index is -1.04. The summed E-state index contributed by atoms with van der Waals surface area (Å²) in [4.78, 5) is 36.4. The van der Waals surface area contributed by atoms with E-state index in [0.29, 0.717) is 36.0 Å². The first kappa shape index (κ1) is 23.9. The zero-order chi connectivity index (χ0) is 22.8. The molecule has 0 saturated heterocycles. The predicted octanol–water partition coefficient (Wildman–Crippen LogP) is 4.65. The summed E-state index contributed by atoms with van der Waals surface area (Å²) in [5, 5.41) is 2.65. The molecule has 0 aliphatic carbocycles. The van der Waals surface area contributed by atoms with Crippen molar-refractivity contribution in [3.05, 3.63) is 53.6 Å². The third kappa shape index (κ3) is 7.13. The first-order valence-corrected chi connectivity index (χ1v) is 10.4. The molecule has 2 aromatic carbocycles. The van der Waals surface area contributed by atoms with Gasteiger partial charge in [-0.15, -0.1) is 0 Å². The quantitative estimate of drug-likeness (QED) is 0.319. The molecule has 2 aromatic rings. The molecule has 2 rings (SSSR count). The Labute approximate surface area is 182 Å². The molecule has 7 nitrogen and oxygen atoms in total. The van der Waals surface area contributed by atoms with Crippen LogP contribution in [0, 0.1) is 0 Å². The van der Waals surface area contributed by atoms with Crippen LogP contribution in [-0.4, -0.2) is 37.0 Å². The molecule has 1 amide bonds. The highest BCUT2D eigenvalue weighted by atomic mass is 16.5. The summed E-state index contributed by atoms with van der Waals surface area (Å²) in [7, 11) is 0. The van der Waals surface area contributed by atoms with Crippen molar-refractivity contribution in [1.82, 2.24) is 0 Å². The number of hydrogen-bond donors (Lipinski definition) is 1. The average Bonchev–Trinajstić information content (AvgIpc) is 2.75. The number of hydrogen-bond acceptors (Lipinski definition) is 6. The summed E-state index contributed by atoms with van der Waals surface area (Å²) in [6.45, 7) is 7.82. The SMILES string of the molecule is CCCCOc1ccc(C(=O)O[C@@H](C)C(=O)Nc2cccc(C(C)=O)c2)cc1OCC. The van der Waals surface area contributed by atoms with Gasteiger partial charge in [0.15, 0.2) is 23.4 Å². The Hall–Kier alpha value is -3.35. The number of benzene rings is 2. The van der Waals surface area contributed by atoms with Gasteiger partial charge in [0.05, 0.1) is 18.8 Å². The van der Waals surface area contributed by atoms with Crippen molar-refractivity contribution in [2.75, 3.05) is 18.5 Å². The van der Waals surface area contributed by atoms with Gasteiger partial charge >= 0.3 is 5.97 Å². The Morgan fingerprint density at radius 3 is 2.42 bits per heavy atom. The van der Waals surface area contributed by atoms with Crippen molar-refractivity contribution >= 4 is 23.3 Å². The van der Waals surface area contributed by atoms with E-state index >= 15 is 0 Å². The van der Waals surface area contributed by atoms with Gasteiger partial charge < -0.3 is 19.5 Å². The van der Waals surface area contributed by atoms with Gasteiger partial charge in [0.1, 0.15) is 0 Å². The fraction of sp³-hybridized carbons (Fsp3) is 0.375. The molecule has 0 aliphatic heterocycles. The molecule has 0 saturated carbocycles. The average molecular weight is 427 g/mol. The van der Waals surface area contributed by atoms with Crippen LogP contribution >= 0.6 is 0 Å². The van der Waals surface area contributed by atoms with Crippen molar-refractivity contribution in [3.8, 4) is 11.5 Å². The Morgan fingerprint density at radius 1 is 0.968 bits per heavy atom. The van der Waals surface area contributed by atoms with E-state index in [1.165, 1.54) is 13.8 Å². The summed E-state index contributed by atoms with van der Waals surface area (Å²) in [5.74, 6) is -0.253. The highest BCUT2D eigenvalue weighted by Gasteiger charge is 2.20. The first-order chi connectivity index (χ1) is 14.8. The summed E-state index contributed by atoms with van der Waals surface area (Å²) in [5.41, 5.74) is 1.18. The monoisotopic (exact) mass is 427 g/mol. The number of Topliss-reactive ketones (excluding diaryl/α,β-unsaturated/α-hetero) is 1. The lowest BCUT2D eigenvalue weighted by atomic mass is 10.1. The maximum absolute atomic E-state index is 12.5. The van der Waals surface area contributed by atoms with E-state index in [1.807, 2.05) is 6.92 Å². The van der Waals surface area contributed by atoms with Gasteiger partial charge in [0.25, 0.3) is 5.91 Å². The molecule has 0 spiro atoms. The van der Waals surface area contributed by atoms with E-state index in [0.717, 1.165) is 12.8 Å². The van der Waals surface area contributed by atoms with Crippen LogP contribution in [0.25, 0.3) is 0 Å². The molecule has 0 unspecified atom stereocenters. The number of nitrogens with one attached hydrogen (secondary N) is 1. The zero-order valence-electron chi connectivity index (χ0n) is 18.4. The van der Waals surface area contributed by atoms with Crippen LogP contribution < -0.4 is 14.8 Å². The standard InChI is InChI=1S/C24H29NO6/c1-5-7-13-30-21-12-11-19(15-22(21)29-6-2)24(28)31-17(4)23(27)25-20-10-8-9-18(14-20)16(3)26/h8-12,14-15,17H,5-7,13H2,1-4H3,(H,25,27)/t17-/m0/s1. The number of ether oxygens (including phenoxy) is 3. The van der Waals surface area contributed by atoms with Gasteiger partial charge in [-0.3, -0.25) is 9.59 Å². The Bertz CT molecular complexity index is 924. The molecule has 0 radical (unpaired) electrons. The smallest absolute Gasteiger partial charge is 0.339 e. The maximum Gasteiger partial charge on any atom is 0.339 e. The third-order valence-electron chi connectivity index (χ3n) is 4.42. The molecule has 166 valence electrons. The van der Waals surface area contributed by atoms with Gasteiger partial charge in [-0.25, -0.2) is 4.79 Å². The molecule has 1 atom stereocenters. The van der Waals surface area contributed by atoms with Crippen molar-refractivity contribution < 1.29 is 28.6 Å². The van der Waals surface area contributed by atoms with E-state index in [-0.39, 0.29) is 11.3 Å². The number of amides is 1. The lowest BCUT2D eigenvalue weighted by Crippen LogP contribution is -2.30. The van der Waals surface area contributed by atoms with Gasteiger partial charge in [-0.1, -0.05) is 25.5 Å². The van der Waals surface area contributed by atoms with E-state index < -0.39 is 18.0 Å². The summed E-state index contributed by atoms with van der Waals surface area (Å²) in [6.07, 6.45) is 0.884. The largest absolute Gasteiger partial charge is 0.490 e. The number of ketones is 1. The highest BCUT2D eigenvalue weighted by molar-refractivity contribution is 5.99. The minimum Gasteiger partial charge on any atom is -0.490 e. The summed E-state index contributed by atoms with van der Waals surface area (Å²) in [6, 6.07) is 11.3. The topological polar surface area (TPSA) is 90.9 Å². The molecule has 0 aliphatic rings. The molecule has 0 heterocycles. The summed E-state index contributed by atoms with van der Waals surface area (Å²) < 4.78 is 16.6. The maximum atomic E-state index is 12.5. The van der Waals surface area contributed by atoms with Gasteiger partial charge in [-0.05, 0) is 57.5 Å². The second-order valence-corrected chi connectivity index (χ2v) is 6.97. The molecule has 31 heavy (non-hydrogen) atoms. The first-order valence-electron chi connectivity index (χ1n) is 10.4. The van der Waals surface area contributed by atoms with Crippen LogP contribution in [0.1, 0.15) is 61.3 Å². The van der Waals surface area contributed by atoms with Gasteiger partial charge in [-0.2, -0.15) is 0 Å². The lowest BCUT2D eigenvalue weighted by molar-refractivity contribution is -0.123. The molecular weight excluding hydrogens is 398 g/mol. The van der Waals surface area contributed by atoms with E-state index in [1.54, 1.807) is 42.5 Å². The number of carbonyl (C=O) groups is 3. The van der Waals surface area contributed by atoms with Crippen LogP contribution in [0.5, 0.6) is 11.5 Å². The Morgan fingerprint density at radius 2 is 1.74 bits per heavy atom.